The highest BCUT2D eigenvalue weighted by atomic mass is 16.6. The van der Waals surface area contributed by atoms with Crippen molar-refractivity contribution in [3.05, 3.63) is 71.8 Å². The van der Waals surface area contributed by atoms with Crippen LogP contribution in [0.15, 0.2) is 60.7 Å². The summed E-state index contributed by atoms with van der Waals surface area (Å²) in [4.78, 5) is 14.1. The average molecular weight is 354 g/mol. The fourth-order valence-corrected chi connectivity index (χ4v) is 2.96. The van der Waals surface area contributed by atoms with Gasteiger partial charge in [0.2, 0.25) is 0 Å². The van der Waals surface area contributed by atoms with Gasteiger partial charge in [0.1, 0.15) is 6.61 Å². The van der Waals surface area contributed by atoms with E-state index in [0.29, 0.717) is 26.3 Å². The quantitative estimate of drug-likeness (QED) is 0.865. The number of benzene rings is 2. The van der Waals surface area contributed by atoms with Crippen LogP contribution < -0.4 is 5.32 Å². The van der Waals surface area contributed by atoms with Gasteiger partial charge in [-0.25, -0.2) is 4.79 Å². The Hall–Kier alpha value is -2.37. The van der Waals surface area contributed by atoms with Gasteiger partial charge in [0.05, 0.1) is 19.3 Å². The minimum atomic E-state index is -0.280. The monoisotopic (exact) mass is 354 g/mol. The van der Waals surface area contributed by atoms with Crippen LogP contribution in [0.25, 0.3) is 0 Å². The van der Waals surface area contributed by atoms with Crippen LogP contribution in [0.1, 0.15) is 18.1 Å². The number of amides is 1. The second-order valence-electron chi connectivity index (χ2n) is 6.55. The third-order valence-electron chi connectivity index (χ3n) is 4.59. The molecule has 5 heteroatoms. The molecule has 0 aliphatic carbocycles. The van der Waals surface area contributed by atoms with E-state index >= 15 is 0 Å². The zero-order valence-electron chi connectivity index (χ0n) is 15.1. The van der Waals surface area contributed by atoms with Crippen LogP contribution >= 0.6 is 0 Å². The molecule has 1 heterocycles. The Labute approximate surface area is 154 Å². The third-order valence-corrected chi connectivity index (χ3v) is 4.59. The van der Waals surface area contributed by atoms with Crippen molar-refractivity contribution in [2.24, 2.45) is 0 Å². The molecule has 0 aromatic heterocycles. The van der Waals surface area contributed by atoms with Gasteiger partial charge in [-0.05, 0) is 18.1 Å². The molecule has 0 saturated carbocycles. The molecule has 0 spiro atoms. The fourth-order valence-electron chi connectivity index (χ4n) is 2.96. The molecular formula is C21H26N2O3. The average Bonchev–Trinajstić information content (AvgIpc) is 2.72. The van der Waals surface area contributed by atoms with Crippen molar-refractivity contribution < 1.29 is 14.3 Å². The molecule has 3 rings (SSSR count). The SMILES string of the molecule is C[C@H](NCc1ccccc1)[C@@H]1CN(C(=O)OCc2ccccc2)CCO1. The van der Waals surface area contributed by atoms with E-state index in [2.05, 4.69) is 24.4 Å². The van der Waals surface area contributed by atoms with Crippen LogP contribution in [0.2, 0.25) is 0 Å². The number of ether oxygens (including phenoxy) is 2. The molecule has 0 bridgehead atoms. The molecule has 26 heavy (non-hydrogen) atoms. The zero-order chi connectivity index (χ0) is 18.2. The summed E-state index contributed by atoms with van der Waals surface area (Å²) in [5, 5.41) is 3.48. The van der Waals surface area contributed by atoms with Gasteiger partial charge < -0.3 is 19.7 Å². The molecule has 138 valence electrons. The number of nitrogens with one attached hydrogen (secondary N) is 1. The Morgan fingerprint density at radius 3 is 2.50 bits per heavy atom. The molecule has 0 unspecified atom stereocenters. The van der Waals surface area contributed by atoms with Crippen LogP contribution in [0.3, 0.4) is 0 Å². The number of carbonyl (C=O) groups excluding carboxylic acids is 1. The lowest BCUT2D eigenvalue weighted by atomic mass is 10.1. The highest BCUT2D eigenvalue weighted by molar-refractivity contribution is 5.67. The van der Waals surface area contributed by atoms with E-state index < -0.39 is 0 Å². The normalized spacial score (nSPS) is 18.3. The van der Waals surface area contributed by atoms with Gasteiger partial charge in [-0.3, -0.25) is 0 Å². The number of hydrogen-bond donors (Lipinski definition) is 1. The smallest absolute Gasteiger partial charge is 0.410 e. The minimum Gasteiger partial charge on any atom is -0.445 e. The molecule has 2 atom stereocenters. The van der Waals surface area contributed by atoms with E-state index in [9.17, 15) is 4.79 Å². The highest BCUT2D eigenvalue weighted by Crippen LogP contribution is 2.12. The number of carbonyl (C=O) groups is 1. The van der Waals surface area contributed by atoms with Gasteiger partial charge in [-0.15, -0.1) is 0 Å². The molecule has 1 N–H and O–H groups in total. The highest BCUT2D eigenvalue weighted by Gasteiger charge is 2.28. The van der Waals surface area contributed by atoms with E-state index in [0.717, 1.165) is 12.1 Å². The summed E-state index contributed by atoms with van der Waals surface area (Å²) in [5.41, 5.74) is 2.22. The first-order valence-corrected chi connectivity index (χ1v) is 9.07. The summed E-state index contributed by atoms with van der Waals surface area (Å²) >= 11 is 0. The molecule has 1 saturated heterocycles. The summed E-state index contributed by atoms with van der Waals surface area (Å²) < 4.78 is 11.3. The zero-order valence-corrected chi connectivity index (χ0v) is 15.1. The Morgan fingerprint density at radius 1 is 1.15 bits per heavy atom. The fraction of sp³-hybridized carbons (Fsp3) is 0.381. The molecule has 1 aliphatic rings. The lowest BCUT2D eigenvalue weighted by Gasteiger charge is -2.35. The molecule has 2 aromatic rings. The lowest BCUT2D eigenvalue weighted by molar-refractivity contribution is -0.0419. The van der Waals surface area contributed by atoms with Crippen LogP contribution in [-0.2, 0) is 22.6 Å². The van der Waals surface area contributed by atoms with Crippen molar-refractivity contribution in [1.29, 1.82) is 0 Å². The second-order valence-corrected chi connectivity index (χ2v) is 6.55. The largest absolute Gasteiger partial charge is 0.445 e. The lowest BCUT2D eigenvalue weighted by Crippen LogP contribution is -2.52. The van der Waals surface area contributed by atoms with E-state index in [-0.39, 0.29) is 18.2 Å². The number of hydrogen-bond acceptors (Lipinski definition) is 4. The summed E-state index contributed by atoms with van der Waals surface area (Å²) in [6.07, 6.45) is -0.325. The van der Waals surface area contributed by atoms with Gasteiger partial charge in [0.15, 0.2) is 0 Å². The van der Waals surface area contributed by atoms with Crippen molar-refractivity contribution in [2.45, 2.75) is 32.2 Å². The van der Waals surface area contributed by atoms with E-state index in [1.54, 1.807) is 4.90 Å². The Bertz CT molecular complexity index is 678. The topological polar surface area (TPSA) is 50.8 Å². The van der Waals surface area contributed by atoms with Crippen LogP contribution in [0.4, 0.5) is 4.79 Å². The first-order chi connectivity index (χ1) is 12.7. The summed E-state index contributed by atoms with van der Waals surface area (Å²) in [5.74, 6) is 0. The molecule has 1 fully saturated rings. The van der Waals surface area contributed by atoms with Crippen molar-refractivity contribution in [3.8, 4) is 0 Å². The minimum absolute atomic E-state index is 0.0447. The molecule has 5 nitrogen and oxygen atoms in total. The summed E-state index contributed by atoms with van der Waals surface area (Å²) in [6.45, 7) is 4.80. The first-order valence-electron chi connectivity index (χ1n) is 9.07. The van der Waals surface area contributed by atoms with E-state index in [4.69, 9.17) is 9.47 Å². The maximum absolute atomic E-state index is 12.3. The van der Waals surface area contributed by atoms with E-state index in [1.807, 2.05) is 48.5 Å². The predicted molar refractivity (Wildman–Crippen MR) is 101 cm³/mol. The van der Waals surface area contributed by atoms with Crippen molar-refractivity contribution in [2.75, 3.05) is 19.7 Å². The van der Waals surface area contributed by atoms with Crippen LogP contribution in [0.5, 0.6) is 0 Å². The Balaban J connectivity index is 1.46. The van der Waals surface area contributed by atoms with Crippen LogP contribution in [-0.4, -0.2) is 42.8 Å². The van der Waals surface area contributed by atoms with Crippen molar-refractivity contribution >= 4 is 6.09 Å². The standard InChI is InChI=1S/C21H26N2O3/c1-17(22-14-18-8-4-2-5-9-18)20-15-23(12-13-25-20)21(24)26-16-19-10-6-3-7-11-19/h2-11,17,20,22H,12-16H2,1H3/t17-,20-/m0/s1. The van der Waals surface area contributed by atoms with Gasteiger partial charge >= 0.3 is 6.09 Å². The van der Waals surface area contributed by atoms with E-state index in [1.165, 1.54) is 5.56 Å². The predicted octanol–water partition coefficient (Wildman–Crippen LogP) is 3.20. The van der Waals surface area contributed by atoms with Crippen molar-refractivity contribution in [1.82, 2.24) is 10.2 Å². The Kier molecular flexibility index (Phi) is 6.63. The number of morpholine rings is 1. The maximum Gasteiger partial charge on any atom is 0.410 e. The van der Waals surface area contributed by atoms with Crippen LogP contribution in [0, 0.1) is 0 Å². The first kappa shape index (κ1) is 18.4. The molecule has 2 aromatic carbocycles. The second kappa shape index (κ2) is 9.36. The molecule has 1 amide bonds. The molecule has 0 radical (unpaired) electrons. The summed E-state index contributed by atoms with van der Waals surface area (Å²) in [6, 6.07) is 20.1. The molecule has 1 aliphatic heterocycles. The van der Waals surface area contributed by atoms with Gasteiger partial charge in [-0.1, -0.05) is 60.7 Å². The number of rotatable bonds is 6. The molecular weight excluding hydrogens is 328 g/mol. The summed E-state index contributed by atoms with van der Waals surface area (Å²) in [7, 11) is 0. The van der Waals surface area contributed by atoms with Gasteiger partial charge in [-0.2, -0.15) is 0 Å². The maximum atomic E-state index is 12.3. The number of nitrogens with zero attached hydrogens (tertiary/aromatic N) is 1. The third kappa shape index (κ3) is 5.31. The van der Waals surface area contributed by atoms with Crippen molar-refractivity contribution in [3.63, 3.8) is 0 Å². The van der Waals surface area contributed by atoms with Gasteiger partial charge in [0.25, 0.3) is 0 Å². The van der Waals surface area contributed by atoms with Gasteiger partial charge in [0, 0.05) is 19.1 Å². The Morgan fingerprint density at radius 2 is 1.81 bits per heavy atom.